The van der Waals surface area contributed by atoms with E-state index in [-0.39, 0.29) is 29.9 Å². The Labute approximate surface area is 181 Å². The van der Waals surface area contributed by atoms with Gasteiger partial charge >= 0.3 is 0 Å². The second-order valence-electron chi connectivity index (χ2n) is 6.81. The van der Waals surface area contributed by atoms with E-state index in [0.29, 0.717) is 5.69 Å². The molecule has 1 aromatic heterocycles. The van der Waals surface area contributed by atoms with E-state index < -0.39 is 27.1 Å². The molecular formula is C21H18N4O7. The molecule has 0 spiro atoms. The number of aromatic nitrogens is 1. The predicted molar refractivity (Wildman–Crippen MR) is 113 cm³/mol. The molecule has 3 aromatic rings. The molecule has 0 unspecified atom stereocenters. The molecule has 0 radical (unpaired) electrons. The van der Waals surface area contributed by atoms with Crippen molar-refractivity contribution in [2.45, 2.75) is 13.2 Å². The minimum atomic E-state index is -0.818. The molecule has 164 valence electrons. The Bertz CT molecular complexity index is 1210. The van der Waals surface area contributed by atoms with Crippen LogP contribution in [0.1, 0.15) is 21.6 Å². The van der Waals surface area contributed by atoms with Crippen LogP contribution in [-0.2, 0) is 20.2 Å². The van der Waals surface area contributed by atoms with Crippen molar-refractivity contribution in [2.75, 3.05) is 0 Å². The monoisotopic (exact) mass is 438 g/mol. The molecular weight excluding hydrogens is 420 g/mol. The summed E-state index contributed by atoms with van der Waals surface area (Å²) >= 11 is 0. The van der Waals surface area contributed by atoms with Crippen LogP contribution in [0.25, 0.3) is 0 Å². The Hall–Kier alpha value is -4.54. The Kier molecular flexibility index (Phi) is 6.59. The van der Waals surface area contributed by atoms with E-state index in [9.17, 15) is 29.8 Å². The second-order valence-corrected chi connectivity index (χ2v) is 6.81. The molecule has 0 aliphatic heterocycles. The van der Waals surface area contributed by atoms with Gasteiger partial charge in [0.05, 0.1) is 34.2 Å². The molecule has 1 amide bonds. The third-order valence-corrected chi connectivity index (χ3v) is 4.56. The molecule has 0 aliphatic carbocycles. The number of benzene rings is 2. The first-order valence-corrected chi connectivity index (χ1v) is 9.33. The first-order valence-electron chi connectivity index (χ1n) is 9.33. The summed E-state index contributed by atoms with van der Waals surface area (Å²) in [6, 6.07) is 13.3. The fourth-order valence-electron chi connectivity index (χ4n) is 2.88. The summed E-state index contributed by atoms with van der Waals surface area (Å²) < 4.78 is 7.17. The first kappa shape index (κ1) is 22.2. The lowest BCUT2D eigenvalue weighted by atomic mass is 10.1. The van der Waals surface area contributed by atoms with E-state index in [0.717, 1.165) is 23.8 Å². The van der Waals surface area contributed by atoms with Gasteiger partial charge in [-0.1, -0.05) is 30.3 Å². The molecule has 0 atom stereocenters. The summed E-state index contributed by atoms with van der Waals surface area (Å²) in [6.07, 6.45) is 1.49. The number of amides is 1. The normalized spacial score (nSPS) is 10.4. The van der Waals surface area contributed by atoms with Gasteiger partial charge in [0.25, 0.3) is 17.3 Å². The van der Waals surface area contributed by atoms with Gasteiger partial charge < -0.3 is 14.6 Å². The summed E-state index contributed by atoms with van der Waals surface area (Å²) in [5, 5.41) is 24.5. The summed E-state index contributed by atoms with van der Waals surface area (Å²) in [6.45, 7) is 0.137. The average Bonchev–Trinajstić information content (AvgIpc) is 2.78. The number of pyridine rings is 1. The van der Waals surface area contributed by atoms with Crippen LogP contribution < -0.4 is 15.5 Å². The number of hydrogen-bond acceptors (Lipinski definition) is 7. The highest BCUT2D eigenvalue weighted by Gasteiger charge is 2.20. The van der Waals surface area contributed by atoms with Crippen molar-refractivity contribution in [3.8, 4) is 5.75 Å². The third-order valence-electron chi connectivity index (χ3n) is 4.56. The second kappa shape index (κ2) is 9.51. The average molecular weight is 438 g/mol. The molecule has 2 aromatic carbocycles. The number of non-ortho nitro benzene ring substituents is 2. The highest BCUT2D eigenvalue weighted by atomic mass is 16.6. The van der Waals surface area contributed by atoms with Gasteiger partial charge in [-0.15, -0.1) is 0 Å². The van der Waals surface area contributed by atoms with Crippen LogP contribution in [0.2, 0.25) is 0 Å². The number of nitro groups is 2. The Morgan fingerprint density at radius 2 is 1.66 bits per heavy atom. The van der Waals surface area contributed by atoms with Crippen LogP contribution in [0.5, 0.6) is 5.75 Å². The lowest BCUT2D eigenvalue weighted by molar-refractivity contribution is -0.394. The minimum absolute atomic E-state index is 0.0833. The molecule has 1 N–H and O–H groups in total. The highest BCUT2D eigenvalue weighted by Crippen LogP contribution is 2.22. The molecule has 32 heavy (non-hydrogen) atoms. The van der Waals surface area contributed by atoms with Gasteiger partial charge in [0.2, 0.25) is 5.43 Å². The summed E-state index contributed by atoms with van der Waals surface area (Å²) in [4.78, 5) is 45.1. The molecule has 0 saturated heterocycles. The van der Waals surface area contributed by atoms with Crippen LogP contribution in [-0.4, -0.2) is 20.3 Å². The SMILES string of the molecule is Cn1cc(OCc2ccccc2)c(=O)cc1CNC(=O)c1cc([N+](=O)[O-])cc([N+](=O)[O-])c1. The number of rotatable bonds is 8. The van der Waals surface area contributed by atoms with Crippen molar-refractivity contribution in [3.05, 3.63) is 108 Å². The molecule has 0 bridgehead atoms. The van der Waals surface area contributed by atoms with E-state index in [2.05, 4.69) is 5.32 Å². The standard InChI is InChI=1S/C21H18N4O7/c1-23-12-20(32-13-14-5-3-2-4-6-14)19(26)10-18(23)11-22-21(27)15-7-16(24(28)29)9-17(8-15)25(30)31/h2-10,12H,11,13H2,1H3,(H,22,27). The van der Waals surface area contributed by atoms with Gasteiger partial charge in [0, 0.05) is 30.9 Å². The fourth-order valence-corrected chi connectivity index (χ4v) is 2.88. The van der Waals surface area contributed by atoms with Crippen LogP contribution in [0.3, 0.4) is 0 Å². The Morgan fingerprint density at radius 1 is 1.03 bits per heavy atom. The number of nitrogens with one attached hydrogen (secondary N) is 1. The third kappa shape index (κ3) is 5.33. The largest absolute Gasteiger partial charge is 0.483 e. The number of nitro benzene ring substituents is 2. The molecule has 0 saturated carbocycles. The van der Waals surface area contributed by atoms with Crippen molar-refractivity contribution < 1.29 is 19.4 Å². The van der Waals surface area contributed by atoms with E-state index in [1.807, 2.05) is 30.3 Å². The highest BCUT2D eigenvalue weighted by molar-refractivity contribution is 5.95. The molecule has 0 fully saturated rings. The number of carbonyl (C=O) groups excluding carboxylic acids is 1. The number of hydrogen-bond donors (Lipinski definition) is 1. The Morgan fingerprint density at radius 3 is 2.25 bits per heavy atom. The van der Waals surface area contributed by atoms with E-state index in [4.69, 9.17) is 4.74 Å². The topological polar surface area (TPSA) is 147 Å². The Balaban J connectivity index is 1.72. The summed E-state index contributed by atoms with van der Waals surface area (Å²) in [5.74, 6) is -0.616. The van der Waals surface area contributed by atoms with Crippen molar-refractivity contribution >= 4 is 17.3 Å². The van der Waals surface area contributed by atoms with E-state index in [1.165, 1.54) is 12.3 Å². The van der Waals surface area contributed by atoms with Gasteiger partial charge in [0.1, 0.15) is 6.61 Å². The quantitative estimate of drug-likeness (QED) is 0.420. The van der Waals surface area contributed by atoms with Crippen molar-refractivity contribution in [1.29, 1.82) is 0 Å². The number of aryl methyl sites for hydroxylation is 1. The maximum Gasteiger partial charge on any atom is 0.277 e. The molecule has 3 rings (SSSR count). The van der Waals surface area contributed by atoms with E-state index >= 15 is 0 Å². The minimum Gasteiger partial charge on any atom is -0.483 e. The fraction of sp³-hybridized carbons (Fsp3) is 0.143. The zero-order chi connectivity index (χ0) is 23.3. The zero-order valence-corrected chi connectivity index (χ0v) is 16.9. The maximum absolute atomic E-state index is 12.4. The van der Waals surface area contributed by atoms with Crippen molar-refractivity contribution in [1.82, 2.24) is 9.88 Å². The van der Waals surface area contributed by atoms with Gasteiger partial charge in [-0.2, -0.15) is 0 Å². The number of carbonyl (C=O) groups is 1. The first-order chi connectivity index (χ1) is 15.2. The molecule has 11 heteroatoms. The molecule has 0 aliphatic rings. The maximum atomic E-state index is 12.4. The van der Waals surface area contributed by atoms with Gasteiger partial charge in [-0.05, 0) is 5.56 Å². The summed E-state index contributed by atoms with van der Waals surface area (Å²) in [5.41, 5.74) is -0.423. The lowest BCUT2D eigenvalue weighted by Crippen LogP contribution is -2.26. The predicted octanol–water partition coefficient (Wildman–Crippen LogP) is 2.71. The molecule has 11 nitrogen and oxygen atoms in total. The van der Waals surface area contributed by atoms with Crippen LogP contribution in [0.4, 0.5) is 11.4 Å². The van der Waals surface area contributed by atoms with Crippen molar-refractivity contribution in [2.24, 2.45) is 7.05 Å². The van der Waals surface area contributed by atoms with Crippen LogP contribution in [0.15, 0.2) is 65.6 Å². The lowest BCUT2D eigenvalue weighted by Gasteiger charge is -2.13. The van der Waals surface area contributed by atoms with Gasteiger partial charge in [-0.25, -0.2) is 0 Å². The summed E-state index contributed by atoms with van der Waals surface area (Å²) in [7, 11) is 1.66. The molecule has 1 heterocycles. The van der Waals surface area contributed by atoms with E-state index in [1.54, 1.807) is 11.6 Å². The van der Waals surface area contributed by atoms with Gasteiger partial charge in [-0.3, -0.25) is 29.8 Å². The van der Waals surface area contributed by atoms with Crippen LogP contribution >= 0.6 is 0 Å². The number of nitrogens with zero attached hydrogens (tertiary/aromatic N) is 3. The zero-order valence-electron chi connectivity index (χ0n) is 16.9. The number of ether oxygens (including phenoxy) is 1. The van der Waals surface area contributed by atoms with Gasteiger partial charge in [0.15, 0.2) is 5.75 Å². The van der Waals surface area contributed by atoms with Crippen molar-refractivity contribution in [3.63, 3.8) is 0 Å². The smallest absolute Gasteiger partial charge is 0.277 e. The van der Waals surface area contributed by atoms with Crippen LogP contribution in [0, 0.1) is 20.2 Å².